The second kappa shape index (κ2) is 11.9. The number of piperidine rings is 1. The standard InChI is InChI=1S/C28H36F2N4O4/c1-36-17-18-13-31-28(32-14-18)33-6-3-19(4-7-33)23-9-20(23)5-8-38-21-10-25(29)24(26(30)11-21)12-27(35)34-15-22(16-34)37-2/h10-11,13-14,19-20,22-23H,3-9,12,15-17H2,1-2H3. The van der Waals surface area contributed by atoms with Crippen molar-refractivity contribution in [2.24, 2.45) is 17.8 Å². The van der Waals surface area contributed by atoms with E-state index in [9.17, 15) is 13.6 Å². The fourth-order valence-corrected chi connectivity index (χ4v) is 5.67. The van der Waals surface area contributed by atoms with Gasteiger partial charge in [-0.2, -0.15) is 0 Å². The smallest absolute Gasteiger partial charge is 0.227 e. The third-order valence-corrected chi connectivity index (χ3v) is 8.14. The molecule has 1 aliphatic carbocycles. The first-order chi connectivity index (χ1) is 18.4. The maximum Gasteiger partial charge on any atom is 0.227 e. The molecule has 0 bridgehead atoms. The van der Waals surface area contributed by atoms with Gasteiger partial charge >= 0.3 is 0 Å². The summed E-state index contributed by atoms with van der Waals surface area (Å²) < 4.78 is 45.1. The Balaban J connectivity index is 1.03. The maximum atomic E-state index is 14.6. The zero-order valence-electron chi connectivity index (χ0n) is 22.1. The molecular weight excluding hydrogens is 494 g/mol. The number of rotatable bonds is 11. The van der Waals surface area contributed by atoms with Crippen LogP contribution in [-0.2, 0) is 27.3 Å². The van der Waals surface area contributed by atoms with Crippen molar-refractivity contribution in [1.29, 1.82) is 0 Å². The monoisotopic (exact) mass is 530 g/mol. The van der Waals surface area contributed by atoms with Crippen molar-refractivity contribution in [1.82, 2.24) is 14.9 Å². The quantitative estimate of drug-likeness (QED) is 0.439. The molecule has 3 heterocycles. The van der Waals surface area contributed by atoms with Crippen LogP contribution in [0.2, 0.25) is 0 Å². The molecule has 1 amide bonds. The number of nitrogens with zero attached hydrogens (tertiary/aromatic N) is 4. The number of benzene rings is 1. The number of carbonyl (C=O) groups is 1. The van der Waals surface area contributed by atoms with E-state index >= 15 is 0 Å². The van der Waals surface area contributed by atoms with Crippen LogP contribution >= 0.6 is 0 Å². The van der Waals surface area contributed by atoms with Crippen molar-refractivity contribution >= 4 is 11.9 Å². The first kappa shape index (κ1) is 26.7. The lowest BCUT2D eigenvalue weighted by Crippen LogP contribution is -2.54. The summed E-state index contributed by atoms with van der Waals surface area (Å²) in [5.41, 5.74) is 0.752. The molecule has 1 saturated carbocycles. The van der Waals surface area contributed by atoms with E-state index in [1.807, 2.05) is 12.4 Å². The first-order valence-corrected chi connectivity index (χ1v) is 13.4. The van der Waals surface area contributed by atoms with Crippen molar-refractivity contribution < 1.29 is 27.8 Å². The third kappa shape index (κ3) is 6.23. The lowest BCUT2D eigenvalue weighted by atomic mass is 9.90. The summed E-state index contributed by atoms with van der Waals surface area (Å²) in [6.07, 6.45) is 7.63. The van der Waals surface area contributed by atoms with Gasteiger partial charge in [0.1, 0.15) is 17.4 Å². The minimum absolute atomic E-state index is 0.00219. The number of carbonyl (C=O) groups excluding carboxylic acids is 1. The Morgan fingerprint density at radius 1 is 1.08 bits per heavy atom. The van der Waals surface area contributed by atoms with E-state index in [2.05, 4.69) is 14.9 Å². The zero-order valence-corrected chi connectivity index (χ0v) is 22.1. The fourth-order valence-electron chi connectivity index (χ4n) is 5.67. The normalized spacial score (nSPS) is 21.9. The number of likely N-dealkylation sites (tertiary alicyclic amines) is 1. The number of hydrogen-bond acceptors (Lipinski definition) is 7. The van der Waals surface area contributed by atoms with Crippen molar-refractivity contribution in [3.63, 3.8) is 0 Å². The molecule has 1 aromatic carbocycles. The molecular formula is C28H36F2N4O4. The van der Waals surface area contributed by atoms with Crippen molar-refractivity contribution in [2.75, 3.05) is 51.9 Å². The van der Waals surface area contributed by atoms with E-state index in [-0.39, 0.29) is 29.7 Å². The van der Waals surface area contributed by atoms with Gasteiger partial charge in [-0.05, 0) is 43.4 Å². The van der Waals surface area contributed by atoms with Gasteiger partial charge in [-0.1, -0.05) is 0 Å². The van der Waals surface area contributed by atoms with Crippen LogP contribution in [0, 0.1) is 29.4 Å². The Kier molecular flexibility index (Phi) is 8.38. The molecule has 8 nitrogen and oxygen atoms in total. The maximum absolute atomic E-state index is 14.6. The van der Waals surface area contributed by atoms with E-state index in [4.69, 9.17) is 14.2 Å². The van der Waals surface area contributed by atoms with Crippen LogP contribution in [0.15, 0.2) is 24.5 Å². The predicted molar refractivity (Wildman–Crippen MR) is 137 cm³/mol. The Morgan fingerprint density at radius 2 is 1.76 bits per heavy atom. The highest BCUT2D eigenvalue weighted by molar-refractivity contribution is 5.79. The number of halogens is 2. The first-order valence-electron chi connectivity index (χ1n) is 13.4. The lowest BCUT2D eigenvalue weighted by molar-refractivity contribution is -0.142. The van der Waals surface area contributed by atoms with Gasteiger partial charge in [-0.3, -0.25) is 4.79 Å². The van der Waals surface area contributed by atoms with Gasteiger partial charge in [-0.15, -0.1) is 0 Å². The molecule has 2 saturated heterocycles. The van der Waals surface area contributed by atoms with Gasteiger partial charge in [-0.25, -0.2) is 18.7 Å². The van der Waals surface area contributed by atoms with Crippen LogP contribution in [0.3, 0.4) is 0 Å². The summed E-state index contributed by atoms with van der Waals surface area (Å²) in [6.45, 7) is 3.75. The average Bonchev–Trinajstić information content (AvgIpc) is 3.66. The van der Waals surface area contributed by atoms with Crippen LogP contribution in [0.5, 0.6) is 5.75 Å². The van der Waals surface area contributed by atoms with E-state index in [0.717, 1.165) is 43.9 Å². The van der Waals surface area contributed by atoms with Gasteiger partial charge in [0.05, 0.1) is 25.7 Å². The number of amides is 1. The average molecular weight is 531 g/mol. The number of aromatic nitrogens is 2. The molecule has 10 heteroatoms. The van der Waals surface area contributed by atoms with E-state index in [1.54, 1.807) is 19.1 Å². The number of ether oxygens (including phenoxy) is 3. The molecule has 0 radical (unpaired) electrons. The zero-order chi connectivity index (χ0) is 26.6. The minimum atomic E-state index is -0.745. The number of hydrogen-bond donors (Lipinski definition) is 0. The van der Waals surface area contributed by atoms with Gasteiger partial charge in [0, 0.05) is 76.1 Å². The lowest BCUT2D eigenvalue weighted by Gasteiger charge is -2.38. The van der Waals surface area contributed by atoms with E-state index in [1.165, 1.54) is 18.6 Å². The molecule has 206 valence electrons. The summed E-state index contributed by atoms with van der Waals surface area (Å²) in [5.74, 6) is 1.11. The molecule has 2 aliphatic heterocycles. The summed E-state index contributed by atoms with van der Waals surface area (Å²) >= 11 is 0. The minimum Gasteiger partial charge on any atom is -0.493 e. The Hall–Kier alpha value is -2.85. The van der Waals surface area contributed by atoms with Crippen LogP contribution in [0.1, 0.15) is 36.8 Å². The molecule has 38 heavy (non-hydrogen) atoms. The van der Waals surface area contributed by atoms with Crippen molar-refractivity contribution in [3.8, 4) is 5.75 Å². The molecule has 0 N–H and O–H groups in total. The van der Waals surface area contributed by atoms with Crippen molar-refractivity contribution in [2.45, 2.75) is 44.8 Å². The number of anilines is 1. The summed E-state index contributed by atoms with van der Waals surface area (Å²) in [7, 11) is 3.24. The van der Waals surface area contributed by atoms with Crippen LogP contribution in [0.4, 0.5) is 14.7 Å². The highest BCUT2D eigenvalue weighted by atomic mass is 19.1. The largest absolute Gasteiger partial charge is 0.493 e. The summed E-state index contributed by atoms with van der Waals surface area (Å²) in [6, 6.07) is 2.37. The molecule has 1 aromatic heterocycles. The predicted octanol–water partition coefficient (Wildman–Crippen LogP) is 3.62. The van der Waals surface area contributed by atoms with Gasteiger partial charge in [0.2, 0.25) is 11.9 Å². The topological polar surface area (TPSA) is 77.0 Å². The molecule has 2 unspecified atom stereocenters. The Morgan fingerprint density at radius 3 is 2.39 bits per heavy atom. The molecule has 2 atom stereocenters. The Bertz CT molecular complexity index is 1080. The van der Waals surface area contributed by atoms with Gasteiger partial charge in [0.25, 0.3) is 0 Å². The SMILES string of the molecule is COCc1cnc(N2CCC(C3CC3CCOc3cc(F)c(CC(=O)N4CC(OC)C4)c(F)c3)CC2)nc1. The summed E-state index contributed by atoms with van der Waals surface area (Å²) in [5, 5.41) is 0. The van der Waals surface area contributed by atoms with Gasteiger partial charge < -0.3 is 24.0 Å². The fraction of sp³-hybridized carbons (Fsp3) is 0.607. The van der Waals surface area contributed by atoms with Crippen molar-refractivity contribution in [3.05, 3.63) is 47.3 Å². The second-order valence-corrected chi connectivity index (χ2v) is 10.6. The number of methoxy groups -OCH3 is 2. The molecule has 5 rings (SSSR count). The Labute approximate surface area is 222 Å². The molecule has 0 spiro atoms. The van der Waals surface area contributed by atoms with Crippen LogP contribution in [0.25, 0.3) is 0 Å². The second-order valence-electron chi connectivity index (χ2n) is 10.6. The van der Waals surface area contributed by atoms with E-state index < -0.39 is 11.6 Å². The molecule has 2 aromatic rings. The van der Waals surface area contributed by atoms with Crippen LogP contribution < -0.4 is 9.64 Å². The van der Waals surface area contributed by atoms with Crippen LogP contribution in [-0.4, -0.2) is 73.9 Å². The van der Waals surface area contributed by atoms with Gasteiger partial charge in [0.15, 0.2) is 0 Å². The molecule has 3 fully saturated rings. The summed E-state index contributed by atoms with van der Waals surface area (Å²) in [4.78, 5) is 25.0. The third-order valence-electron chi connectivity index (χ3n) is 8.14. The highest BCUT2D eigenvalue weighted by Crippen LogP contribution is 2.49. The van der Waals surface area contributed by atoms with E-state index in [0.29, 0.717) is 44.1 Å². The molecule has 3 aliphatic rings. The highest BCUT2D eigenvalue weighted by Gasteiger charge is 2.43.